The van der Waals surface area contributed by atoms with Crippen molar-refractivity contribution >= 4 is 43.7 Å². The van der Waals surface area contributed by atoms with Crippen molar-refractivity contribution in [2.75, 3.05) is 50.1 Å². The summed E-state index contributed by atoms with van der Waals surface area (Å²) in [4.78, 5) is 22.4. The zero-order chi connectivity index (χ0) is 26.4. The lowest BCUT2D eigenvalue weighted by molar-refractivity contribution is -0.110. The molecule has 3 heterocycles. The van der Waals surface area contributed by atoms with Gasteiger partial charge in [0.25, 0.3) is 0 Å². The number of rotatable bonds is 10. The number of benzene rings is 1. The summed E-state index contributed by atoms with van der Waals surface area (Å²) in [6, 6.07) is 7.08. The summed E-state index contributed by atoms with van der Waals surface area (Å²) in [5.74, 6) is 2.49. The molecule has 5 rings (SSSR count). The van der Waals surface area contributed by atoms with Crippen molar-refractivity contribution in [2.24, 2.45) is 5.92 Å². The van der Waals surface area contributed by atoms with Gasteiger partial charge >= 0.3 is 8.53 Å². The standard InChI is InChI=1S/C22H28ClN6O4P.C2H6O/c1-14-9-17(32-21(14)29-13-27-18-19(24-2)25-12-26-20(18)29)10-31-34(28-22(11-30)7-8-22)33-16-5-3-15(23)4-6-16;1-3-2/h3-6,11-12,14,17,21,27-28H,7-10,13H2,1-2H3,(H,24,25,26);1-2H3. The van der Waals surface area contributed by atoms with Gasteiger partial charge < -0.3 is 38.8 Å². The molecule has 2 fully saturated rings. The van der Waals surface area contributed by atoms with E-state index in [1.54, 1.807) is 44.8 Å². The molecule has 4 atom stereocenters. The van der Waals surface area contributed by atoms with E-state index in [9.17, 15) is 4.79 Å². The van der Waals surface area contributed by atoms with E-state index in [4.69, 9.17) is 25.4 Å². The summed E-state index contributed by atoms with van der Waals surface area (Å²) < 4.78 is 22.8. The van der Waals surface area contributed by atoms with Crippen LogP contribution in [0.2, 0.25) is 5.02 Å². The molecular formula is C24H34ClN6O5P. The number of carbonyl (C=O) groups excluding carboxylic acids is 1. The molecule has 1 aromatic carbocycles. The maximum atomic E-state index is 11.5. The number of aromatic nitrogens is 2. The average Bonchev–Trinajstić information content (AvgIpc) is 3.38. The van der Waals surface area contributed by atoms with E-state index in [1.807, 2.05) is 7.05 Å². The molecule has 3 aliphatic rings. The third-order valence-electron chi connectivity index (χ3n) is 6.23. The molecular weight excluding hydrogens is 519 g/mol. The average molecular weight is 553 g/mol. The first-order chi connectivity index (χ1) is 17.9. The van der Waals surface area contributed by atoms with Gasteiger partial charge in [-0.25, -0.2) is 15.1 Å². The smallest absolute Gasteiger partial charge is 0.319 e. The van der Waals surface area contributed by atoms with Crippen LogP contribution >= 0.6 is 20.1 Å². The summed E-state index contributed by atoms with van der Waals surface area (Å²) in [5, 5.41) is 10.3. The molecule has 37 heavy (non-hydrogen) atoms. The van der Waals surface area contributed by atoms with Crippen LogP contribution in [0.3, 0.4) is 0 Å². The molecule has 1 aliphatic carbocycles. The Morgan fingerprint density at radius 3 is 2.68 bits per heavy atom. The van der Waals surface area contributed by atoms with Crippen LogP contribution in [0.5, 0.6) is 5.75 Å². The van der Waals surface area contributed by atoms with Crippen molar-refractivity contribution in [3.63, 3.8) is 0 Å². The Morgan fingerprint density at radius 1 is 1.30 bits per heavy atom. The van der Waals surface area contributed by atoms with E-state index in [-0.39, 0.29) is 18.2 Å². The first-order valence-corrected chi connectivity index (χ1v) is 13.7. The van der Waals surface area contributed by atoms with Gasteiger partial charge in [-0.2, -0.15) is 0 Å². The monoisotopic (exact) mass is 552 g/mol. The summed E-state index contributed by atoms with van der Waals surface area (Å²) in [5.41, 5.74) is 0.327. The van der Waals surface area contributed by atoms with Gasteiger partial charge in [0.05, 0.1) is 24.9 Å². The van der Waals surface area contributed by atoms with Gasteiger partial charge in [-0.15, -0.1) is 0 Å². The van der Waals surface area contributed by atoms with Crippen LogP contribution < -0.4 is 25.1 Å². The normalized spacial score (nSPS) is 23.8. The van der Waals surface area contributed by atoms with Crippen LogP contribution in [0.4, 0.5) is 17.3 Å². The zero-order valence-corrected chi connectivity index (χ0v) is 23.1. The second-order valence-corrected chi connectivity index (χ2v) is 10.8. The van der Waals surface area contributed by atoms with Crippen LogP contribution in [-0.2, 0) is 18.8 Å². The van der Waals surface area contributed by atoms with Crippen LogP contribution in [-0.4, -0.2) is 68.7 Å². The van der Waals surface area contributed by atoms with Crippen molar-refractivity contribution < 1.29 is 23.3 Å². The summed E-state index contributed by atoms with van der Waals surface area (Å²) in [6.45, 7) is 3.11. The summed E-state index contributed by atoms with van der Waals surface area (Å²) in [6.07, 6.45) is 4.64. The lowest BCUT2D eigenvalue weighted by Crippen LogP contribution is -2.39. The maximum Gasteiger partial charge on any atom is 0.319 e. The highest BCUT2D eigenvalue weighted by molar-refractivity contribution is 7.45. The van der Waals surface area contributed by atoms with Crippen molar-refractivity contribution in [3.8, 4) is 5.75 Å². The minimum absolute atomic E-state index is 0.110. The lowest BCUT2D eigenvalue weighted by Gasteiger charge is -2.28. The van der Waals surface area contributed by atoms with Gasteiger partial charge in [-0.1, -0.05) is 18.5 Å². The molecule has 0 bridgehead atoms. The fourth-order valence-corrected chi connectivity index (χ4v) is 5.74. The molecule has 4 unspecified atom stereocenters. The van der Waals surface area contributed by atoms with Crippen molar-refractivity contribution in [2.45, 2.75) is 44.1 Å². The SMILES string of the molecule is CNc1ncnc2c1NCN2C1OC(COP(NC2(C=O)CC2)Oc2ccc(Cl)cc2)CC1C.COC. The number of hydrogen-bond acceptors (Lipinski definition) is 11. The highest BCUT2D eigenvalue weighted by Crippen LogP contribution is 2.46. The number of aldehydes is 1. The first kappa shape index (κ1) is 27.8. The number of ether oxygens (including phenoxy) is 2. The van der Waals surface area contributed by atoms with Crippen molar-refractivity contribution in [1.29, 1.82) is 0 Å². The van der Waals surface area contributed by atoms with E-state index in [0.717, 1.165) is 42.9 Å². The number of nitrogens with one attached hydrogen (secondary N) is 3. The topological polar surface area (TPSA) is 119 Å². The van der Waals surface area contributed by atoms with E-state index < -0.39 is 14.1 Å². The second-order valence-electron chi connectivity index (χ2n) is 9.23. The largest absolute Gasteiger partial charge is 0.436 e. The Labute approximate surface area is 223 Å². The Hall–Kier alpha value is -2.27. The quantitative estimate of drug-likeness (QED) is 0.293. The number of carbonyl (C=O) groups is 1. The Balaban J connectivity index is 0.00000102. The van der Waals surface area contributed by atoms with Crippen LogP contribution in [0.1, 0.15) is 26.2 Å². The predicted molar refractivity (Wildman–Crippen MR) is 144 cm³/mol. The first-order valence-electron chi connectivity index (χ1n) is 12.1. The molecule has 13 heteroatoms. The molecule has 0 amide bonds. The van der Waals surface area contributed by atoms with Gasteiger partial charge in [0.1, 0.15) is 30.3 Å². The van der Waals surface area contributed by atoms with E-state index in [0.29, 0.717) is 24.0 Å². The van der Waals surface area contributed by atoms with Gasteiger partial charge in [-0.3, -0.25) is 0 Å². The van der Waals surface area contributed by atoms with Gasteiger partial charge in [0.2, 0.25) is 0 Å². The number of methoxy groups -OCH3 is 1. The highest BCUT2D eigenvalue weighted by Gasteiger charge is 2.46. The molecule has 0 radical (unpaired) electrons. The number of nitrogens with zero attached hydrogens (tertiary/aromatic N) is 3. The maximum absolute atomic E-state index is 11.5. The van der Waals surface area contributed by atoms with Crippen LogP contribution in [0.25, 0.3) is 0 Å². The minimum atomic E-state index is -1.54. The van der Waals surface area contributed by atoms with Gasteiger partial charge in [0, 0.05) is 32.2 Å². The number of hydrogen-bond donors (Lipinski definition) is 3. The molecule has 202 valence electrons. The Bertz CT molecular complexity index is 1050. The van der Waals surface area contributed by atoms with E-state index in [1.165, 1.54) is 0 Å². The molecule has 1 saturated carbocycles. The third kappa shape index (κ3) is 6.79. The zero-order valence-electron chi connectivity index (χ0n) is 21.4. The Kier molecular flexibility index (Phi) is 9.39. The Morgan fingerprint density at radius 2 is 2.03 bits per heavy atom. The van der Waals surface area contributed by atoms with Crippen LogP contribution in [0, 0.1) is 5.92 Å². The number of halogens is 1. The van der Waals surface area contributed by atoms with Crippen molar-refractivity contribution in [1.82, 2.24) is 15.1 Å². The molecule has 1 saturated heterocycles. The second kappa shape index (κ2) is 12.5. The molecule has 2 aromatic rings. The summed E-state index contributed by atoms with van der Waals surface area (Å²) in [7, 11) is 3.55. The highest BCUT2D eigenvalue weighted by atomic mass is 35.5. The minimum Gasteiger partial charge on any atom is -0.436 e. The van der Waals surface area contributed by atoms with Gasteiger partial charge in [-0.05, 0) is 43.5 Å². The van der Waals surface area contributed by atoms with Crippen LogP contribution in [0.15, 0.2) is 30.6 Å². The van der Waals surface area contributed by atoms with E-state index >= 15 is 0 Å². The molecule has 1 aromatic heterocycles. The molecule has 0 spiro atoms. The number of fused-ring (bicyclic) bond motifs is 1. The summed E-state index contributed by atoms with van der Waals surface area (Å²) >= 11 is 5.98. The molecule has 2 aliphatic heterocycles. The lowest BCUT2D eigenvalue weighted by atomic mass is 10.1. The van der Waals surface area contributed by atoms with Gasteiger partial charge in [0.15, 0.2) is 11.6 Å². The van der Waals surface area contributed by atoms with E-state index in [2.05, 4.69) is 42.2 Å². The van der Waals surface area contributed by atoms with Crippen molar-refractivity contribution in [3.05, 3.63) is 35.6 Å². The fourth-order valence-electron chi connectivity index (χ4n) is 4.20. The fraction of sp³-hybridized carbons (Fsp3) is 0.542. The molecule has 11 nitrogen and oxygen atoms in total. The number of anilines is 3. The predicted octanol–water partition coefficient (Wildman–Crippen LogP) is 4.02. The third-order valence-corrected chi connectivity index (χ3v) is 7.87. The molecule has 3 N–H and O–H groups in total.